The topological polar surface area (TPSA) is 109 Å². The van der Waals surface area contributed by atoms with Gasteiger partial charge in [-0.2, -0.15) is 0 Å². The zero-order valence-electron chi connectivity index (χ0n) is 9.92. The minimum atomic E-state index is -1.37. The molecule has 0 fully saturated rings. The highest BCUT2D eigenvalue weighted by atomic mass is 16.4. The van der Waals surface area contributed by atoms with Crippen LogP contribution in [0.5, 0.6) is 0 Å². The zero-order chi connectivity index (χ0) is 14.3. The van der Waals surface area contributed by atoms with Crippen LogP contribution in [0.2, 0.25) is 0 Å². The van der Waals surface area contributed by atoms with E-state index in [9.17, 15) is 14.4 Å². The third-order valence-corrected chi connectivity index (χ3v) is 2.10. The Kier molecular flexibility index (Phi) is 5.11. The van der Waals surface area contributed by atoms with E-state index >= 15 is 0 Å². The molecule has 1 rings (SSSR count). The lowest BCUT2D eigenvalue weighted by Gasteiger charge is -2.09. The Morgan fingerprint density at radius 2 is 1.89 bits per heavy atom. The molecule has 1 atom stereocenters. The molecule has 0 saturated heterocycles. The highest BCUT2D eigenvalue weighted by Crippen LogP contribution is 1.95. The van der Waals surface area contributed by atoms with E-state index in [0.29, 0.717) is 5.56 Å². The number of primary amides is 1. The number of carbonyl (C=O) groups is 3. The summed E-state index contributed by atoms with van der Waals surface area (Å²) in [5.74, 6) is 1.88. The fourth-order valence-corrected chi connectivity index (χ4v) is 1.25. The van der Waals surface area contributed by atoms with Crippen molar-refractivity contribution in [1.82, 2.24) is 5.32 Å². The summed E-state index contributed by atoms with van der Waals surface area (Å²) in [6.07, 6.45) is -0.478. The van der Waals surface area contributed by atoms with E-state index in [0.717, 1.165) is 0 Å². The zero-order valence-corrected chi connectivity index (χ0v) is 9.92. The molecule has 0 spiro atoms. The van der Waals surface area contributed by atoms with E-state index in [1.54, 1.807) is 30.3 Å². The van der Waals surface area contributed by atoms with Gasteiger partial charge in [-0.3, -0.25) is 9.59 Å². The van der Waals surface area contributed by atoms with Gasteiger partial charge in [-0.05, 0) is 12.1 Å². The number of nitrogens with one attached hydrogen (secondary N) is 1. The molecule has 0 aliphatic rings. The minimum absolute atomic E-state index is 0.478. The van der Waals surface area contributed by atoms with E-state index in [1.807, 2.05) is 0 Å². The van der Waals surface area contributed by atoms with Gasteiger partial charge in [0.25, 0.3) is 5.91 Å². The van der Waals surface area contributed by atoms with Crippen molar-refractivity contribution in [3.63, 3.8) is 0 Å². The fourth-order valence-electron chi connectivity index (χ4n) is 1.25. The van der Waals surface area contributed by atoms with Crippen LogP contribution in [0.25, 0.3) is 0 Å². The van der Waals surface area contributed by atoms with Crippen molar-refractivity contribution >= 4 is 17.8 Å². The van der Waals surface area contributed by atoms with Gasteiger partial charge in [0.2, 0.25) is 5.91 Å². The maximum absolute atomic E-state index is 11.4. The van der Waals surface area contributed by atoms with Crippen LogP contribution in [0.15, 0.2) is 30.3 Å². The van der Waals surface area contributed by atoms with Crippen LogP contribution in [0.1, 0.15) is 12.0 Å². The Bertz CT molecular complexity index is 543. The van der Waals surface area contributed by atoms with Gasteiger partial charge in [0, 0.05) is 11.5 Å². The van der Waals surface area contributed by atoms with E-state index < -0.39 is 30.2 Å². The summed E-state index contributed by atoms with van der Waals surface area (Å²) in [6.45, 7) is 0. The van der Waals surface area contributed by atoms with Crippen LogP contribution in [0, 0.1) is 11.8 Å². The van der Waals surface area contributed by atoms with Gasteiger partial charge in [-0.15, -0.1) is 0 Å². The Hall–Kier alpha value is -2.81. The molecule has 0 bridgehead atoms. The van der Waals surface area contributed by atoms with E-state index in [2.05, 4.69) is 17.2 Å². The molecular weight excluding hydrogens is 248 g/mol. The smallest absolute Gasteiger partial charge is 0.326 e. The van der Waals surface area contributed by atoms with Crippen LogP contribution >= 0.6 is 0 Å². The van der Waals surface area contributed by atoms with Crippen molar-refractivity contribution in [2.75, 3.05) is 0 Å². The van der Waals surface area contributed by atoms with Gasteiger partial charge >= 0.3 is 5.97 Å². The van der Waals surface area contributed by atoms with Crippen LogP contribution in [-0.4, -0.2) is 28.9 Å². The molecule has 0 aromatic heterocycles. The number of hydrogen-bond donors (Lipinski definition) is 3. The van der Waals surface area contributed by atoms with Gasteiger partial charge in [-0.1, -0.05) is 24.1 Å². The number of aliphatic carboxylic acids is 1. The van der Waals surface area contributed by atoms with Crippen LogP contribution in [-0.2, 0) is 14.4 Å². The Labute approximate surface area is 109 Å². The maximum atomic E-state index is 11.4. The van der Waals surface area contributed by atoms with Crippen molar-refractivity contribution in [2.24, 2.45) is 5.73 Å². The van der Waals surface area contributed by atoms with Crippen molar-refractivity contribution in [1.29, 1.82) is 0 Å². The lowest BCUT2D eigenvalue weighted by molar-refractivity contribution is -0.142. The Balaban J connectivity index is 2.66. The first-order valence-corrected chi connectivity index (χ1v) is 5.37. The predicted octanol–water partition coefficient (Wildman–Crippen LogP) is -0.517. The average Bonchev–Trinajstić information content (AvgIpc) is 2.36. The second-order valence-corrected chi connectivity index (χ2v) is 3.65. The molecule has 1 aromatic carbocycles. The lowest BCUT2D eigenvalue weighted by atomic mass is 10.2. The predicted molar refractivity (Wildman–Crippen MR) is 66.7 cm³/mol. The third-order valence-electron chi connectivity index (χ3n) is 2.10. The molecule has 1 aromatic rings. The summed E-state index contributed by atoms with van der Waals surface area (Å²) < 4.78 is 0. The largest absolute Gasteiger partial charge is 0.480 e. The molecule has 0 aliphatic carbocycles. The number of carboxylic acids is 1. The molecule has 0 saturated carbocycles. The maximum Gasteiger partial charge on any atom is 0.326 e. The van der Waals surface area contributed by atoms with E-state index in [4.69, 9.17) is 10.8 Å². The second-order valence-electron chi connectivity index (χ2n) is 3.65. The van der Waals surface area contributed by atoms with Crippen molar-refractivity contribution in [3.05, 3.63) is 35.9 Å². The molecule has 6 nitrogen and oxygen atoms in total. The van der Waals surface area contributed by atoms with E-state index in [1.165, 1.54) is 0 Å². The van der Waals surface area contributed by atoms with Gasteiger partial charge in [0.1, 0.15) is 6.04 Å². The molecule has 6 heteroatoms. The molecule has 0 aliphatic heterocycles. The van der Waals surface area contributed by atoms with Gasteiger partial charge in [-0.25, -0.2) is 4.79 Å². The molecule has 98 valence electrons. The summed E-state index contributed by atoms with van der Waals surface area (Å²) >= 11 is 0. The van der Waals surface area contributed by atoms with Gasteiger partial charge in [0.15, 0.2) is 0 Å². The third kappa shape index (κ3) is 5.37. The average molecular weight is 260 g/mol. The summed E-state index contributed by atoms with van der Waals surface area (Å²) in [5.41, 5.74) is 5.51. The number of carbonyl (C=O) groups excluding carboxylic acids is 2. The second kappa shape index (κ2) is 6.81. The highest BCUT2D eigenvalue weighted by molar-refractivity contribution is 5.97. The molecule has 0 radical (unpaired) electrons. The fraction of sp³-hybridized carbons (Fsp3) is 0.154. The van der Waals surface area contributed by atoms with Crippen LogP contribution < -0.4 is 11.1 Å². The number of nitrogens with two attached hydrogens (primary N) is 1. The minimum Gasteiger partial charge on any atom is -0.480 e. The molecule has 0 unspecified atom stereocenters. The Morgan fingerprint density at radius 3 is 2.42 bits per heavy atom. The molecule has 0 heterocycles. The number of rotatable bonds is 4. The number of amides is 2. The highest BCUT2D eigenvalue weighted by Gasteiger charge is 2.21. The standard InChI is InChI=1S/C13H12N2O4/c14-11(16)8-10(13(18)19)15-12(17)7-6-9-4-2-1-3-5-9/h1-5,10H,8H2,(H2,14,16)(H,15,17)(H,18,19)/t10-/m1/s1. The molecular formula is C13H12N2O4. The van der Waals surface area contributed by atoms with Crippen LogP contribution in [0.4, 0.5) is 0 Å². The molecule has 2 amide bonds. The number of carboxylic acid groups (broad SMARTS) is 1. The van der Waals surface area contributed by atoms with Crippen molar-refractivity contribution < 1.29 is 19.5 Å². The summed E-state index contributed by atoms with van der Waals surface area (Å²) in [5, 5.41) is 10.9. The van der Waals surface area contributed by atoms with Gasteiger partial charge in [0.05, 0.1) is 6.42 Å². The quantitative estimate of drug-likeness (QED) is 0.633. The summed E-state index contributed by atoms with van der Waals surface area (Å²) in [4.78, 5) is 32.8. The molecule has 4 N–H and O–H groups in total. The normalized spacial score (nSPS) is 10.7. The molecule has 19 heavy (non-hydrogen) atoms. The number of benzene rings is 1. The first kappa shape index (κ1) is 14.3. The SMILES string of the molecule is NC(=O)C[C@@H](NC(=O)C#Cc1ccccc1)C(=O)O. The van der Waals surface area contributed by atoms with Gasteiger partial charge < -0.3 is 16.2 Å². The monoisotopic (exact) mass is 260 g/mol. The first-order chi connectivity index (χ1) is 8.99. The Morgan fingerprint density at radius 1 is 1.26 bits per heavy atom. The number of hydrogen-bond acceptors (Lipinski definition) is 3. The summed E-state index contributed by atoms with van der Waals surface area (Å²) in [6, 6.07) is 7.37. The van der Waals surface area contributed by atoms with Crippen LogP contribution in [0.3, 0.4) is 0 Å². The van der Waals surface area contributed by atoms with Crippen molar-refractivity contribution in [3.8, 4) is 11.8 Å². The van der Waals surface area contributed by atoms with E-state index in [-0.39, 0.29) is 0 Å². The van der Waals surface area contributed by atoms with Crippen molar-refractivity contribution in [2.45, 2.75) is 12.5 Å². The first-order valence-electron chi connectivity index (χ1n) is 5.37. The summed E-state index contributed by atoms with van der Waals surface area (Å²) in [7, 11) is 0. The lowest BCUT2D eigenvalue weighted by Crippen LogP contribution is -2.42.